The molecule has 0 heterocycles. The molecule has 0 radical (unpaired) electrons. The van der Waals surface area contributed by atoms with E-state index in [1.54, 1.807) is 0 Å². The zero-order valence-electron chi connectivity index (χ0n) is 11.3. The minimum atomic E-state index is -0.734. The lowest BCUT2D eigenvalue weighted by Gasteiger charge is -2.25. The van der Waals surface area contributed by atoms with E-state index >= 15 is 0 Å². The molecule has 0 aromatic heterocycles. The maximum absolute atomic E-state index is 5.98. The third kappa shape index (κ3) is 2.72. The van der Waals surface area contributed by atoms with E-state index in [2.05, 4.69) is 54.6 Å². The second kappa shape index (κ2) is 5.08. The van der Waals surface area contributed by atoms with Crippen LogP contribution in [0.5, 0.6) is 0 Å². The van der Waals surface area contributed by atoms with Crippen LogP contribution in [0.1, 0.15) is 12.0 Å². The molecule has 2 aromatic rings. The van der Waals surface area contributed by atoms with E-state index in [1.807, 2.05) is 18.2 Å². The molecule has 100 valence electrons. The first-order valence-electron chi connectivity index (χ1n) is 6.76. The molecule has 20 heavy (non-hydrogen) atoms. The first-order valence-corrected chi connectivity index (χ1v) is 6.76. The summed E-state index contributed by atoms with van der Waals surface area (Å²) < 4.78 is 0. The van der Waals surface area contributed by atoms with Gasteiger partial charge in [0.1, 0.15) is 0 Å². The Morgan fingerprint density at radius 1 is 0.750 bits per heavy atom. The van der Waals surface area contributed by atoms with Crippen LogP contribution in [0.15, 0.2) is 72.8 Å². The van der Waals surface area contributed by atoms with Crippen molar-refractivity contribution >= 4 is 5.57 Å². The van der Waals surface area contributed by atoms with Crippen LogP contribution in [0.4, 0.5) is 0 Å². The Morgan fingerprint density at radius 2 is 1.35 bits per heavy atom. The average Bonchev–Trinajstić information content (AvgIpc) is 2.47. The van der Waals surface area contributed by atoms with E-state index in [-0.39, 0.29) is 0 Å². The topological polar surface area (TPSA) is 52.0 Å². The molecular formula is C18H18N2. The molecule has 2 aromatic carbocycles. The maximum Gasteiger partial charge on any atom is 0.0872 e. The summed E-state index contributed by atoms with van der Waals surface area (Å²) in [5.74, 6) is 0. The lowest BCUT2D eigenvalue weighted by atomic mass is 9.90. The number of benzene rings is 2. The van der Waals surface area contributed by atoms with Crippen LogP contribution in [0.3, 0.4) is 0 Å². The molecule has 3 rings (SSSR count). The van der Waals surface area contributed by atoms with Gasteiger partial charge in [-0.25, -0.2) is 0 Å². The van der Waals surface area contributed by atoms with Gasteiger partial charge < -0.3 is 11.5 Å². The van der Waals surface area contributed by atoms with Gasteiger partial charge in [-0.05, 0) is 22.3 Å². The van der Waals surface area contributed by atoms with Gasteiger partial charge in [0.2, 0.25) is 0 Å². The fraction of sp³-hybridized carbons (Fsp3) is 0.111. The van der Waals surface area contributed by atoms with Crippen molar-refractivity contribution in [1.82, 2.24) is 0 Å². The summed E-state index contributed by atoms with van der Waals surface area (Å²) in [6.07, 6.45) is 6.52. The predicted octanol–water partition coefficient (Wildman–Crippen LogP) is 3.31. The minimum Gasteiger partial charge on any atom is -0.310 e. The highest BCUT2D eigenvalue weighted by molar-refractivity contribution is 5.73. The molecule has 0 unspecified atom stereocenters. The van der Waals surface area contributed by atoms with Crippen LogP contribution in [-0.2, 0) is 0 Å². The van der Waals surface area contributed by atoms with Crippen molar-refractivity contribution in [2.45, 2.75) is 12.1 Å². The first-order chi connectivity index (χ1) is 9.64. The van der Waals surface area contributed by atoms with Gasteiger partial charge in [-0.2, -0.15) is 0 Å². The number of nitrogens with two attached hydrogens (primary N) is 2. The SMILES string of the molecule is NC1(N)C=CC=C(c2ccc(-c3ccccc3)cc2)C1. The van der Waals surface area contributed by atoms with Crippen molar-refractivity contribution in [3.05, 3.63) is 78.4 Å². The summed E-state index contributed by atoms with van der Waals surface area (Å²) in [6.45, 7) is 0. The van der Waals surface area contributed by atoms with Crippen molar-refractivity contribution in [3.8, 4) is 11.1 Å². The normalized spacial score (nSPS) is 16.8. The van der Waals surface area contributed by atoms with Gasteiger partial charge in [-0.3, -0.25) is 0 Å². The van der Waals surface area contributed by atoms with E-state index < -0.39 is 5.66 Å². The summed E-state index contributed by atoms with van der Waals surface area (Å²) in [5.41, 5.74) is 16.0. The number of hydrogen-bond acceptors (Lipinski definition) is 2. The van der Waals surface area contributed by atoms with E-state index in [9.17, 15) is 0 Å². The van der Waals surface area contributed by atoms with Crippen molar-refractivity contribution in [2.24, 2.45) is 11.5 Å². The summed E-state index contributed by atoms with van der Waals surface area (Å²) in [4.78, 5) is 0. The quantitative estimate of drug-likeness (QED) is 0.816. The highest BCUT2D eigenvalue weighted by Crippen LogP contribution is 2.28. The molecule has 0 aliphatic heterocycles. The first kappa shape index (κ1) is 12.9. The van der Waals surface area contributed by atoms with Crippen molar-refractivity contribution in [2.75, 3.05) is 0 Å². The highest BCUT2D eigenvalue weighted by Gasteiger charge is 2.20. The standard InChI is InChI=1S/C18H18N2/c19-18(20)12-4-7-17(13-18)16-10-8-15(9-11-16)14-5-2-1-3-6-14/h1-12H,13,19-20H2. The molecule has 1 aliphatic rings. The summed E-state index contributed by atoms with van der Waals surface area (Å²) in [7, 11) is 0. The van der Waals surface area contributed by atoms with Gasteiger partial charge in [-0.15, -0.1) is 0 Å². The minimum absolute atomic E-state index is 0.661. The Hall–Kier alpha value is -2.16. The zero-order valence-corrected chi connectivity index (χ0v) is 11.3. The largest absolute Gasteiger partial charge is 0.310 e. The summed E-state index contributed by atoms with van der Waals surface area (Å²) in [5, 5.41) is 0. The molecule has 0 atom stereocenters. The van der Waals surface area contributed by atoms with E-state index in [1.165, 1.54) is 22.3 Å². The third-order valence-electron chi connectivity index (χ3n) is 3.56. The second-order valence-electron chi connectivity index (χ2n) is 5.28. The zero-order chi connectivity index (χ0) is 14.0. The molecule has 0 spiro atoms. The monoisotopic (exact) mass is 262 g/mol. The summed E-state index contributed by atoms with van der Waals surface area (Å²) in [6, 6.07) is 18.9. The van der Waals surface area contributed by atoms with Gasteiger partial charge in [-0.1, -0.05) is 72.8 Å². The Morgan fingerprint density at radius 3 is 2.00 bits per heavy atom. The van der Waals surface area contributed by atoms with Crippen LogP contribution < -0.4 is 11.5 Å². The molecule has 0 saturated heterocycles. The fourth-order valence-corrected chi connectivity index (χ4v) is 2.50. The van der Waals surface area contributed by atoms with Crippen molar-refractivity contribution in [3.63, 3.8) is 0 Å². The highest BCUT2D eigenvalue weighted by atomic mass is 14.9. The number of allylic oxidation sites excluding steroid dienone is 2. The van der Waals surface area contributed by atoms with E-state index in [0.717, 1.165) is 0 Å². The number of hydrogen-bond donors (Lipinski definition) is 2. The molecule has 0 bridgehead atoms. The molecule has 2 nitrogen and oxygen atoms in total. The maximum atomic E-state index is 5.98. The summed E-state index contributed by atoms with van der Waals surface area (Å²) >= 11 is 0. The second-order valence-corrected chi connectivity index (χ2v) is 5.28. The van der Waals surface area contributed by atoms with Crippen molar-refractivity contribution in [1.29, 1.82) is 0 Å². The smallest absolute Gasteiger partial charge is 0.0872 e. The number of rotatable bonds is 2. The molecule has 0 amide bonds. The Labute approximate surface area is 119 Å². The molecule has 1 aliphatic carbocycles. The predicted molar refractivity (Wildman–Crippen MR) is 84.7 cm³/mol. The average molecular weight is 262 g/mol. The van der Waals surface area contributed by atoms with E-state index in [4.69, 9.17) is 11.5 Å². The molecular weight excluding hydrogens is 244 g/mol. The Kier molecular flexibility index (Phi) is 3.26. The van der Waals surface area contributed by atoms with Crippen LogP contribution in [0.2, 0.25) is 0 Å². The van der Waals surface area contributed by atoms with Crippen LogP contribution in [-0.4, -0.2) is 5.66 Å². The third-order valence-corrected chi connectivity index (χ3v) is 3.56. The Bertz CT molecular complexity index is 650. The lowest BCUT2D eigenvalue weighted by molar-refractivity contribution is 0.565. The van der Waals surface area contributed by atoms with Gasteiger partial charge >= 0.3 is 0 Å². The molecule has 0 saturated carbocycles. The lowest BCUT2D eigenvalue weighted by Crippen LogP contribution is -2.48. The van der Waals surface area contributed by atoms with Crippen LogP contribution >= 0.6 is 0 Å². The molecule has 2 heteroatoms. The van der Waals surface area contributed by atoms with Gasteiger partial charge in [0.15, 0.2) is 0 Å². The van der Waals surface area contributed by atoms with Crippen LogP contribution in [0, 0.1) is 0 Å². The molecule has 0 fully saturated rings. The fourth-order valence-electron chi connectivity index (χ4n) is 2.50. The van der Waals surface area contributed by atoms with Crippen molar-refractivity contribution < 1.29 is 0 Å². The van der Waals surface area contributed by atoms with Gasteiger partial charge in [0.25, 0.3) is 0 Å². The van der Waals surface area contributed by atoms with Gasteiger partial charge in [0, 0.05) is 6.42 Å². The van der Waals surface area contributed by atoms with Gasteiger partial charge in [0.05, 0.1) is 5.66 Å². The van der Waals surface area contributed by atoms with E-state index in [0.29, 0.717) is 6.42 Å². The van der Waals surface area contributed by atoms with Crippen LogP contribution in [0.25, 0.3) is 16.7 Å². The molecule has 4 N–H and O–H groups in total. The Balaban J connectivity index is 1.88.